The number of rotatable bonds is 2. The van der Waals surface area contributed by atoms with Crippen LogP contribution in [-0.4, -0.2) is 35.4 Å². The molecule has 0 saturated carbocycles. The molecule has 1 unspecified atom stereocenters. The van der Waals surface area contributed by atoms with Gasteiger partial charge in [-0.3, -0.25) is 4.79 Å². The highest BCUT2D eigenvalue weighted by Crippen LogP contribution is 2.25. The van der Waals surface area contributed by atoms with Gasteiger partial charge < -0.3 is 4.90 Å². The minimum Gasteiger partial charge on any atom is -0.338 e. The first kappa shape index (κ1) is 13.0. The fraction of sp³-hybridized carbons (Fsp3) is 0.462. The molecular weight excluding hydrogens is 298 g/mol. The molecule has 1 aliphatic rings. The van der Waals surface area contributed by atoms with Crippen molar-refractivity contribution in [1.82, 2.24) is 4.90 Å². The molecule has 0 N–H and O–H groups in total. The quantitative estimate of drug-likeness (QED) is 0.834. The van der Waals surface area contributed by atoms with Gasteiger partial charge in [0.15, 0.2) is 0 Å². The molecule has 1 aromatic carbocycles. The zero-order chi connectivity index (χ0) is 12.4. The Morgan fingerprint density at radius 1 is 1.53 bits per heavy atom. The monoisotopic (exact) mass is 313 g/mol. The molecule has 1 aromatic rings. The van der Waals surface area contributed by atoms with Gasteiger partial charge in [-0.15, -0.1) is 0 Å². The summed E-state index contributed by atoms with van der Waals surface area (Å²) in [6.07, 6.45) is 1.11. The van der Waals surface area contributed by atoms with Crippen LogP contribution in [-0.2, 0) is 0 Å². The molecule has 0 radical (unpaired) electrons. The second-order valence-corrected chi connectivity index (χ2v) is 6.42. The number of hydrogen-bond acceptors (Lipinski definition) is 2. The lowest BCUT2D eigenvalue weighted by atomic mass is 10.1. The van der Waals surface area contributed by atoms with Gasteiger partial charge in [-0.1, -0.05) is 11.6 Å². The van der Waals surface area contributed by atoms with Gasteiger partial charge in [0.2, 0.25) is 0 Å². The standard InChI is InChI=1S/C13H16BrNOS/c1-9-3-4-12(14)11(7-9)13(16)15(2)10-5-6-17-8-10/h3-4,7,10H,5-6,8H2,1-2H3. The van der Waals surface area contributed by atoms with E-state index in [1.807, 2.05) is 48.8 Å². The molecule has 0 aromatic heterocycles. The van der Waals surface area contributed by atoms with Crippen molar-refractivity contribution in [1.29, 1.82) is 0 Å². The van der Waals surface area contributed by atoms with Crippen LogP contribution in [0.1, 0.15) is 22.3 Å². The van der Waals surface area contributed by atoms with Gasteiger partial charge in [0, 0.05) is 23.3 Å². The molecule has 1 fully saturated rings. The molecule has 0 aliphatic carbocycles. The Kier molecular flexibility index (Phi) is 4.15. The molecule has 2 nitrogen and oxygen atoms in total. The topological polar surface area (TPSA) is 20.3 Å². The maximum Gasteiger partial charge on any atom is 0.255 e. The summed E-state index contributed by atoms with van der Waals surface area (Å²) in [7, 11) is 1.91. The van der Waals surface area contributed by atoms with E-state index in [4.69, 9.17) is 0 Å². The highest BCUT2D eigenvalue weighted by molar-refractivity contribution is 9.10. The molecule has 1 amide bonds. The number of halogens is 1. The Bertz CT molecular complexity index is 429. The lowest BCUT2D eigenvalue weighted by Crippen LogP contribution is -2.37. The number of aryl methyl sites for hydroxylation is 1. The van der Waals surface area contributed by atoms with Crippen molar-refractivity contribution in [2.24, 2.45) is 0 Å². The van der Waals surface area contributed by atoms with Gasteiger partial charge in [-0.05, 0) is 47.2 Å². The second kappa shape index (κ2) is 5.44. The van der Waals surface area contributed by atoms with Crippen LogP contribution in [0, 0.1) is 6.92 Å². The summed E-state index contributed by atoms with van der Waals surface area (Å²) in [5, 5.41) is 0. The predicted molar refractivity (Wildman–Crippen MR) is 76.7 cm³/mol. The summed E-state index contributed by atoms with van der Waals surface area (Å²) in [4.78, 5) is 14.3. The van der Waals surface area contributed by atoms with Gasteiger partial charge >= 0.3 is 0 Å². The van der Waals surface area contributed by atoms with Crippen LogP contribution >= 0.6 is 27.7 Å². The molecule has 1 heterocycles. The lowest BCUT2D eigenvalue weighted by Gasteiger charge is -2.24. The first-order chi connectivity index (χ1) is 8.09. The van der Waals surface area contributed by atoms with E-state index in [9.17, 15) is 4.79 Å². The van der Waals surface area contributed by atoms with Gasteiger partial charge in [0.05, 0.1) is 5.56 Å². The Hall–Kier alpha value is -0.480. The fourth-order valence-electron chi connectivity index (χ4n) is 1.99. The minimum atomic E-state index is 0.119. The highest BCUT2D eigenvalue weighted by Gasteiger charge is 2.25. The number of benzene rings is 1. The summed E-state index contributed by atoms with van der Waals surface area (Å²) in [5.41, 5.74) is 1.88. The Balaban J connectivity index is 2.20. The second-order valence-electron chi connectivity index (χ2n) is 4.42. The normalized spacial score (nSPS) is 19.4. The third kappa shape index (κ3) is 2.86. The van der Waals surface area contributed by atoms with Gasteiger partial charge in [-0.25, -0.2) is 0 Å². The maximum atomic E-state index is 12.4. The van der Waals surface area contributed by atoms with E-state index in [1.54, 1.807) is 0 Å². The van der Waals surface area contributed by atoms with Crippen LogP contribution in [0.3, 0.4) is 0 Å². The van der Waals surface area contributed by atoms with Crippen LogP contribution in [0.2, 0.25) is 0 Å². The molecular formula is C13H16BrNOS. The summed E-state index contributed by atoms with van der Waals surface area (Å²) in [5.74, 6) is 2.34. The van der Waals surface area contributed by atoms with E-state index < -0.39 is 0 Å². The molecule has 0 bridgehead atoms. The average molecular weight is 314 g/mol. The van der Waals surface area contributed by atoms with Crippen LogP contribution in [0.5, 0.6) is 0 Å². The molecule has 1 aliphatic heterocycles. The Labute approximate surface area is 115 Å². The van der Waals surface area contributed by atoms with E-state index in [0.29, 0.717) is 6.04 Å². The van der Waals surface area contributed by atoms with Crippen LogP contribution in [0.15, 0.2) is 22.7 Å². The van der Waals surface area contributed by atoms with Gasteiger partial charge in [0.25, 0.3) is 5.91 Å². The van der Waals surface area contributed by atoms with E-state index in [1.165, 1.54) is 0 Å². The van der Waals surface area contributed by atoms with Crippen molar-refractivity contribution >= 4 is 33.6 Å². The van der Waals surface area contributed by atoms with Crippen LogP contribution in [0.4, 0.5) is 0 Å². The first-order valence-corrected chi connectivity index (χ1v) is 7.65. The molecule has 17 heavy (non-hydrogen) atoms. The summed E-state index contributed by atoms with van der Waals surface area (Å²) < 4.78 is 0.880. The van der Waals surface area contributed by atoms with Crippen LogP contribution < -0.4 is 0 Å². The zero-order valence-electron chi connectivity index (χ0n) is 10.1. The van der Waals surface area contributed by atoms with E-state index in [-0.39, 0.29) is 5.91 Å². The molecule has 1 atom stereocenters. The van der Waals surface area contributed by atoms with Gasteiger partial charge in [-0.2, -0.15) is 11.8 Å². The van der Waals surface area contributed by atoms with E-state index >= 15 is 0 Å². The number of carbonyl (C=O) groups excluding carboxylic acids is 1. The average Bonchev–Trinajstić information content (AvgIpc) is 2.84. The van der Waals surface area contributed by atoms with Crippen molar-refractivity contribution < 1.29 is 4.79 Å². The van der Waals surface area contributed by atoms with Crippen molar-refractivity contribution in [2.75, 3.05) is 18.6 Å². The number of hydrogen-bond donors (Lipinski definition) is 0. The predicted octanol–water partition coefficient (Wildman–Crippen LogP) is 3.34. The zero-order valence-corrected chi connectivity index (χ0v) is 12.5. The number of carbonyl (C=O) groups is 1. The largest absolute Gasteiger partial charge is 0.338 e. The summed E-state index contributed by atoms with van der Waals surface area (Å²) in [6.45, 7) is 2.01. The number of nitrogens with zero attached hydrogens (tertiary/aromatic N) is 1. The molecule has 0 spiro atoms. The summed E-state index contributed by atoms with van der Waals surface area (Å²) >= 11 is 5.38. The third-order valence-corrected chi connectivity index (χ3v) is 4.96. The summed E-state index contributed by atoms with van der Waals surface area (Å²) in [6, 6.07) is 6.29. The fourth-order valence-corrected chi connectivity index (χ4v) is 3.67. The molecule has 1 saturated heterocycles. The first-order valence-electron chi connectivity index (χ1n) is 5.70. The Morgan fingerprint density at radius 2 is 2.29 bits per heavy atom. The van der Waals surface area contributed by atoms with Crippen molar-refractivity contribution in [3.05, 3.63) is 33.8 Å². The maximum absolute atomic E-state index is 12.4. The van der Waals surface area contributed by atoms with E-state index in [0.717, 1.165) is 33.5 Å². The lowest BCUT2D eigenvalue weighted by molar-refractivity contribution is 0.0747. The SMILES string of the molecule is Cc1ccc(Br)c(C(=O)N(C)C2CCSC2)c1. The van der Waals surface area contributed by atoms with Gasteiger partial charge in [0.1, 0.15) is 0 Å². The highest BCUT2D eigenvalue weighted by atomic mass is 79.9. The smallest absolute Gasteiger partial charge is 0.255 e. The number of amides is 1. The molecule has 4 heteroatoms. The third-order valence-electron chi connectivity index (χ3n) is 3.13. The molecule has 92 valence electrons. The van der Waals surface area contributed by atoms with Crippen LogP contribution in [0.25, 0.3) is 0 Å². The Morgan fingerprint density at radius 3 is 2.94 bits per heavy atom. The minimum absolute atomic E-state index is 0.119. The molecule has 2 rings (SSSR count). The van der Waals surface area contributed by atoms with Crippen molar-refractivity contribution in [3.63, 3.8) is 0 Å². The number of thioether (sulfide) groups is 1. The van der Waals surface area contributed by atoms with Crippen molar-refractivity contribution in [2.45, 2.75) is 19.4 Å². The van der Waals surface area contributed by atoms with E-state index in [2.05, 4.69) is 15.9 Å². The van der Waals surface area contributed by atoms with Crippen molar-refractivity contribution in [3.8, 4) is 0 Å².